The van der Waals surface area contributed by atoms with Gasteiger partial charge in [-0.3, -0.25) is 0 Å². The second-order valence-electron chi connectivity index (χ2n) is 6.22. The predicted octanol–water partition coefficient (Wildman–Crippen LogP) is 5.07. The van der Waals surface area contributed by atoms with Crippen LogP contribution in [0.1, 0.15) is 11.1 Å². The van der Waals surface area contributed by atoms with Crippen LogP contribution in [0.5, 0.6) is 5.75 Å². The Kier molecular flexibility index (Phi) is 3.98. The summed E-state index contributed by atoms with van der Waals surface area (Å²) in [6.07, 6.45) is 2.18. The molecule has 4 aromatic rings. The van der Waals surface area contributed by atoms with Gasteiger partial charge in [0.15, 0.2) is 0 Å². The van der Waals surface area contributed by atoms with Crippen LogP contribution in [0, 0.1) is 6.92 Å². The van der Waals surface area contributed by atoms with Gasteiger partial charge in [-0.25, -0.2) is 4.98 Å². The Labute approximate surface area is 147 Å². The fourth-order valence-corrected chi connectivity index (χ4v) is 3.16. The van der Waals surface area contributed by atoms with Gasteiger partial charge in [-0.15, -0.1) is 0 Å². The lowest BCUT2D eigenvalue weighted by Crippen LogP contribution is -1.99. The molecule has 0 spiro atoms. The SMILES string of the molecule is COc1ccc(-c2ccc3c(C)cn(Cc4ccccc4)c3n2)cc1. The van der Waals surface area contributed by atoms with Crippen molar-refractivity contribution in [3.8, 4) is 17.0 Å². The number of hydrogen-bond donors (Lipinski definition) is 0. The molecular formula is C22H20N2O. The molecule has 3 nitrogen and oxygen atoms in total. The quantitative estimate of drug-likeness (QED) is 0.523. The number of nitrogens with zero attached hydrogens (tertiary/aromatic N) is 2. The standard InChI is InChI=1S/C22H20N2O/c1-16-14-24(15-17-6-4-3-5-7-17)22-20(16)12-13-21(23-22)18-8-10-19(25-2)11-9-18/h3-14H,15H2,1-2H3. The van der Waals surface area contributed by atoms with Crippen molar-refractivity contribution in [3.05, 3.63) is 84.1 Å². The van der Waals surface area contributed by atoms with E-state index in [0.717, 1.165) is 29.2 Å². The zero-order valence-corrected chi connectivity index (χ0v) is 14.4. The minimum absolute atomic E-state index is 0.824. The van der Waals surface area contributed by atoms with E-state index >= 15 is 0 Å². The van der Waals surface area contributed by atoms with Crippen molar-refractivity contribution in [2.24, 2.45) is 0 Å². The third-order valence-corrected chi connectivity index (χ3v) is 4.50. The van der Waals surface area contributed by atoms with E-state index < -0.39 is 0 Å². The van der Waals surface area contributed by atoms with Crippen LogP contribution in [0.25, 0.3) is 22.3 Å². The zero-order chi connectivity index (χ0) is 17.2. The number of aryl methyl sites for hydroxylation is 1. The summed E-state index contributed by atoms with van der Waals surface area (Å²) in [5.41, 5.74) is 5.61. The second kappa shape index (κ2) is 6.44. The van der Waals surface area contributed by atoms with Crippen LogP contribution >= 0.6 is 0 Å². The molecule has 2 aromatic carbocycles. The van der Waals surface area contributed by atoms with Gasteiger partial charge in [-0.2, -0.15) is 0 Å². The lowest BCUT2D eigenvalue weighted by atomic mass is 10.1. The highest BCUT2D eigenvalue weighted by Crippen LogP contribution is 2.26. The summed E-state index contributed by atoms with van der Waals surface area (Å²) in [6.45, 7) is 2.96. The van der Waals surface area contributed by atoms with Gasteiger partial charge in [-0.05, 0) is 54.4 Å². The molecule has 0 saturated carbocycles. The van der Waals surface area contributed by atoms with E-state index in [1.165, 1.54) is 16.5 Å². The number of fused-ring (bicyclic) bond motifs is 1. The highest BCUT2D eigenvalue weighted by Gasteiger charge is 2.09. The maximum absolute atomic E-state index is 5.24. The maximum Gasteiger partial charge on any atom is 0.141 e. The molecule has 3 heteroatoms. The third-order valence-electron chi connectivity index (χ3n) is 4.50. The molecule has 4 rings (SSSR count). The van der Waals surface area contributed by atoms with Gasteiger partial charge in [0.05, 0.1) is 12.8 Å². The summed E-state index contributed by atoms with van der Waals surface area (Å²) in [7, 11) is 1.68. The van der Waals surface area contributed by atoms with Gasteiger partial charge < -0.3 is 9.30 Å². The Hall–Kier alpha value is -3.07. The number of pyridine rings is 1. The Balaban J connectivity index is 1.77. The van der Waals surface area contributed by atoms with E-state index in [1.54, 1.807) is 7.11 Å². The summed E-state index contributed by atoms with van der Waals surface area (Å²) in [5.74, 6) is 0.855. The number of methoxy groups -OCH3 is 1. The smallest absolute Gasteiger partial charge is 0.141 e. The van der Waals surface area contributed by atoms with Crippen molar-refractivity contribution in [1.29, 1.82) is 0 Å². The first-order chi connectivity index (χ1) is 12.2. The Morgan fingerprint density at radius 2 is 1.68 bits per heavy atom. The molecule has 124 valence electrons. The molecule has 2 heterocycles. The van der Waals surface area contributed by atoms with Crippen LogP contribution in [-0.2, 0) is 6.54 Å². The summed E-state index contributed by atoms with van der Waals surface area (Å²) in [4.78, 5) is 4.94. The second-order valence-corrected chi connectivity index (χ2v) is 6.22. The highest BCUT2D eigenvalue weighted by molar-refractivity contribution is 5.83. The van der Waals surface area contributed by atoms with Crippen molar-refractivity contribution in [2.45, 2.75) is 13.5 Å². The first kappa shape index (κ1) is 15.5. The van der Waals surface area contributed by atoms with Crippen LogP contribution in [0.2, 0.25) is 0 Å². The minimum Gasteiger partial charge on any atom is -0.497 e. The van der Waals surface area contributed by atoms with E-state index in [2.05, 4.69) is 54.1 Å². The van der Waals surface area contributed by atoms with Crippen molar-refractivity contribution in [2.75, 3.05) is 7.11 Å². The van der Waals surface area contributed by atoms with Crippen LogP contribution in [0.4, 0.5) is 0 Å². The van der Waals surface area contributed by atoms with E-state index in [9.17, 15) is 0 Å². The number of rotatable bonds is 4. The first-order valence-corrected chi connectivity index (χ1v) is 8.39. The maximum atomic E-state index is 5.24. The molecule has 0 bridgehead atoms. The molecule has 0 radical (unpaired) electrons. The Morgan fingerprint density at radius 3 is 2.40 bits per heavy atom. The van der Waals surface area contributed by atoms with Crippen molar-refractivity contribution in [1.82, 2.24) is 9.55 Å². The van der Waals surface area contributed by atoms with Gasteiger partial charge in [0.1, 0.15) is 11.4 Å². The highest BCUT2D eigenvalue weighted by atomic mass is 16.5. The molecule has 25 heavy (non-hydrogen) atoms. The zero-order valence-electron chi connectivity index (χ0n) is 14.4. The number of aromatic nitrogens is 2. The van der Waals surface area contributed by atoms with E-state index in [4.69, 9.17) is 9.72 Å². The monoisotopic (exact) mass is 328 g/mol. The van der Waals surface area contributed by atoms with E-state index in [0.29, 0.717) is 0 Å². The topological polar surface area (TPSA) is 27.1 Å². The fourth-order valence-electron chi connectivity index (χ4n) is 3.16. The van der Waals surface area contributed by atoms with Gasteiger partial charge in [-0.1, -0.05) is 30.3 Å². The lowest BCUT2D eigenvalue weighted by molar-refractivity contribution is 0.415. The van der Waals surface area contributed by atoms with Gasteiger partial charge in [0.25, 0.3) is 0 Å². The summed E-state index contributed by atoms with van der Waals surface area (Å²) < 4.78 is 7.47. The average molecular weight is 328 g/mol. The van der Waals surface area contributed by atoms with Gasteiger partial charge in [0, 0.05) is 23.7 Å². The molecule has 0 aliphatic carbocycles. The molecule has 0 N–H and O–H groups in total. The molecule has 2 aromatic heterocycles. The molecule has 0 fully saturated rings. The minimum atomic E-state index is 0.824. The molecule has 0 unspecified atom stereocenters. The average Bonchev–Trinajstić information content (AvgIpc) is 2.98. The fraction of sp³-hybridized carbons (Fsp3) is 0.136. The normalized spacial score (nSPS) is 11.0. The van der Waals surface area contributed by atoms with Crippen molar-refractivity contribution in [3.63, 3.8) is 0 Å². The van der Waals surface area contributed by atoms with Gasteiger partial charge in [0.2, 0.25) is 0 Å². The third kappa shape index (κ3) is 3.01. The van der Waals surface area contributed by atoms with Gasteiger partial charge >= 0.3 is 0 Å². The summed E-state index contributed by atoms with van der Waals surface area (Å²) >= 11 is 0. The largest absolute Gasteiger partial charge is 0.497 e. The molecule has 0 saturated heterocycles. The Bertz CT molecular complexity index is 1000. The van der Waals surface area contributed by atoms with E-state index in [-0.39, 0.29) is 0 Å². The lowest BCUT2D eigenvalue weighted by Gasteiger charge is -2.07. The predicted molar refractivity (Wildman–Crippen MR) is 102 cm³/mol. The van der Waals surface area contributed by atoms with Crippen molar-refractivity contribution < 1.29 is 4.74 Å². The number of ether oxygens (including phenoxy) is 1. The molecule has 0 aliphatic rings. The summed E-state index contributed by atoms with van der Waals surface area (Å²) in [5, 5.41) is 1.20. The molecule has 0 atom stereocenters. The van der Waals surface area contributed by atoms with Crippen LogP contribution in [0.15, 0.2) is 72.9 Å². The molecular weight excluding hydrogens is 308 g/mol. The van der Waals surface area contributed by atoms with E-state index in [1.807, 2.05) is 30.3 Å². The molecule has 0 amide bonds. The van der Waals surface area contributed by atoms with Crippen LogP contribution in [0.3, 0.4) is 0 Å². The number of hydrogen-bond acceptors (Lipinski definition) is 2. The van der Waals surface area contributed by atoms with Crippen LogP contribution < -0.4 is 4.74 Å². The van der Waals surface area contributed by atoms with Crippen molar-refractivity contribution >= 4 is 11.0 Å². The summed E-state index contributed by atoms with van der Waals surface area (Å²) in [6, 6.07) is 22.8. The number of benzene rings is 2. The van der Waals surface area contributed by atoms with Crippen LogP contribution in [-0.4, -0.2) is 16.7 Å². The molecule has 0 aliphatic heterocycles. The first-order valence-electron chi connectivity index (χ1n) is 8.39. The Morgan fingerprint density at radius 1 is 0.920 bits per heavy atom.